The third-order valence-electron chi connectivity index (χ3n) is 2.96. The maximum Gasteiger partial charge on any atom is 0.189 e. The minimum absolute atomic E-state index is 0.263. The molecule has 1 fully saturated rings. The van der Waals surface area contributed by atoms with E-state index in [2.05, 4.69) is 0 Å². The second-order valence-electron chi connectivity index (χ2n) is 4.79. The van der Waals surface area contributed by atoms with Gasteiger partial charge in [-0.25, -0.2) is 0 Å². The fraction of sp³-hybridized carbons (Fsp3) is 0.571. The van der Waals surface area contributed by atoms with Crippen molar-refractivity contribution in [3.8, 4) is 5.75 Å². The molecule has 3 heteroatoms. The molecular weight excluding hydrogens is 216 g/mol. The molecule has 1 aliphatic carbocycles. The van der Waals surface area contributed by atoms with E-state index < -0.39 is 6.10 Å². The van der Waals surface area contributed by atoms with Crippen LogP contribution in [-0.2, 0) is 4.74 Å². The van der Waals surface area contributed by atoms with Crippen molar-refractivity contribution in [1.29, 1.82) is 0 Å². The molecule has 0 radical (unpaired) electrons. The summed E-state index contributed by atoms with van der Waals surface area (Å²) in [5.74, 6) is 1.45. The molecule has 0 aromatic heterocycles. The van der Waals surface area contributed by atoms with Crippen LogP contribution in [0.25, 0.3) is 0 Å². The van der Waals surface area contributed by atoms with Gasteiger partial charge in [0.05, 0.1) is 12.7 Å². The molecule has 1 aliphatic rings. The number of aliphatic hydroxyl groups excluding tert-OH is 1. The number of hydrogen-bond acceptors (Lipinski definition) is 3. The Kier molecular flexibility index (Phi) is 4.02. The van der Waals surface area contributed by atoms with Crippen LogP contribution in [0.15, 0.2) is 18.2 Å². The first-order chi connectivity index (χ1) is 8.16. The number of rotatable bonds is 6. The van der Waals surface area contributed by atoms with Crippen LogP contribution in [-0.4, -0.2) is 18.5 Å². The van der Waals surface area contributed by atoms with E-state index in [0.717, 1.165) is 23.7 Å². The fourth-order valence-electron chi connectivity index (χ4n) is 1.73. The van der Waals surface area contributed by atoms with Crippen LogP contribution in [0.3, 0.4) is 0 Å². The Morgan fingerprint density at radius 3 is 2.82 bits per heavy atom. The van der Waals surface area contributed by atoms with Gasteiger partial charge in [0, 0.05) is 5.56 Å². The number of aliphatic hydroxyl groups is 1. The Morgan fingerprint density at radius 2 is 2.18 bits per heavy atom. The summed E-state index contributed by atoms with van der Waals surface area (Å²) in [5.41, 5.74) is 1.94. The van der Waals surface area contributed by atoms with E-state index in [1.54, 1.807) is 6.92 Å². The molecule has 0 amide bonds. The normalized spacial score (nSPS) is 16.9. The first kappa shape index (κ1) is 12.4. The topological polar surface area (TPSA) is 38.7 Å². The second-order valence-corrected chi connectivity index (χ2v) is 4.79. The summed E-state index contributed by atoms with van der Waals surface area (Å²) >= 11 is 0. The third-order valence-corrected chi connectivity index (χ3v) is 2.96. The van der Waals surface area contributed by atoms with Crippen molar-refractivity contribution in [2.75, 3.05) is 13.4 Å². The van der Waals surface area contributed by atoms with E-state index in [9.17, 15) is 5.11 Å². The van der Waals surface area contributed by atoms with Crippen LogP contribution >= 0.6 is 0 Å². The van der Waals surface area contributed by atoms with E-state index in [-0.39, 0.29) is 6.79 Å². The third kappa shape index (κ3) is 3.72. The van der Waals surface area contributed by atoms with Gasteiger partial charge in [0.2, 0.25) is 0 Å². The van der Waals surface area contributed by atoms with Crippen molar-refractivity contribution in [2.24, 2.45) is 5.92 Å². The summed E-state index contributed by atoms with van der Waals surface area (Å²) in [6.07, 6.45) is 2.04. The standard InChI is InChI=1S/C14H20O3/c1-10-3-6-14(13(7-10)11(2)15)17-9-16-8-12-4-5-12/h3,6-7,11-12,15H,4-5,8-9H2,1-2H3. The van der Waals surface area contributed by atoms with E-state index in [4.69, 9.17) is 9.47 Å². The summed E-state index contributed by atoms with van der Waals surface area (Å²) in [6.45, 7) is 4.79. The second kappa shape index (κ2) is 5.52. The molecule has 0 saturated heterocycles. The highest BCUT2D eigenvalue weighted by Crippen LogP contribution is 2.29. The van der Waals surface area contributed by atoms with Crippen LogP contribution in [0.5, 0.6) is 5.75 Å². The number of aryl methyl sites for hydroxylation is 1. The monoisotopic (exact) mass is 236 g/mol. The zero-order valence-electron chi connectivity index (χ0n) is 10.5. The van der Waals surface area contributed by atoms with Crippen LogP contribution in [0.1, 0.15) is 37.0 Å². The van der Waals surface area contributed by atoms with E-state index in [1.807, 2.05) is 25.1 Å². The molecule has 0 spiro atoms. The van der Waals surface area contributed by atoms with Crippen LogP contribution < -0.4 is 4.74 Å². The Labute approximate surface area is 102 Å². The van der Waals surface area contributed by atoms with Gasteiger partial charge in [-0.1, -0.05) is 11.6 Å². The number of benzene rings is 1. The summed E-state index contributed by atoms with van der Waals surface area (Å²) in [4.78, 5) is 0. The molecule has 1 aromatic carbocycles. The predicted octanol–water partition coefficient (Wildman–Crippen LogP) is 2.81. The molecule has 0 heterocycles. The lowest BCUT2D eigenvalue weighted by atomic mass is 10.1. The Balaban J connectivity index is 1.89. The highest BCUT2D eigenvalue weighted by atomic mass is 16.7. The fourth-order valence-corrected chi connectivity index (χ4v) is 1.73. The maximum absolute atomic E-state index is 9.66. The summed E-state index contributed by atoms with van der Waals surface area (Å²) in [5, 5.41) is 9.66. The molecule has 94 valence electrons. The number of hydrogen-bond donors (Lipinski definition) is 1. The van der Waals surface area contributed by atoms with Crippen LogP contribution in [0.2, 0.25) is 0 Å². The molecule has 1 aromatic rings. The highest BCUT2D eigenvalue weighted by molar-refractivity contribution is 5.38. The van der Waals surface area contributed by atoms with Gasteiger partial charge in [0.25, 0.3) is 0 Å². The minimum atomic E-state index is -0.520. The van der Waals surface area contributed by atoms with Gasteiger partial charge in [-0.3, -0.25) is 0 Å². The predicted molar refractivity (Wildman–Crippen MR) is 66.0 cm³/mol. The van der Waals surface area contributed by atoms with E-state index in [0.29, 0.717) is 5.75 Å². The molecule has 2 rings (SSSR count). The lowest BCUT2D eigenvalue weighted by Crippen LogP contribution is -2.07. The van der Waals surface area contributed by atoms with Gasteiger partial charge >= 0.3 is 0 Å². The van der Waals surface area contributed by atoms with Crippen LogP contribution in [0, 0.1) is 12.8 Å². The van der Waals surface area contributed by atoms with Crippen molar-refractivity contribution < 1.29 is 14.6 Å². The zero-order chi connectivity index (χ0) is 12.3. The average Bonchev–Trinajstić information content (AvgIpc) is 3.09. The van der Waals surface area contributed by atoms with Gasteiger partial charge in [0.15, 0.2) is 6.79 Å². The van der Waals surface area contributed by atoms with Crippen molar-refractivity contribution in [1.82, 2.24) is 0 Å². The van der Waals surface area contributed by atoms with E-state index >= 15 is 0 Å². The van der Waals surface area contributed by atoms with Crippen molar-refractivity contribution in [3.63, 3.8) is 0 Å². The highest BCUT2D eigenvalue weighted by Gasteiger charge is 2.21. The summed E-state index contributed by atoms with van der Waals surface area (Å²) < 4.78 is 11.0. The van der Waals surface area contributed by atoms with Gasteiger partial charge in [-0.05, 0) is 44.7 Å². The Morgan fingerprint density at radius 1 is 1.41 bits per heavy atom. The molecule has 1 N–H and O–H groups in total. The van der Waals surface area contributed by atoms with Crippen LogP contribution in [0.4, 0.5) is 0 Å². The molecule has 3 nitrogen and oxygen atoms in total. The Bertz CT molecular complexity index is 370. The lowest BCUT2D eigenvalue weighted by molar-refractivity contribution is 0.00830. The summed E-state index contributed by atoms with van der Waals surface area (Å²) in [7, 11) is 0. The molecule has 0 aliphatic heterocycles. The van der Waals surface area contributed by atoms with Gasteiger partial charge in [-0.15, -0.1) is 0 Å². The summed E-state index contributed by atoms with van der Waals surface area (Å²) in [6, 6.07) is 5.81. The molecule has 17 heavy (non-hydrogen) atoms. The number of ether oxygens (including phenoxy) is 2. The molecular formula is C14H20O3. The smallest absolute Gasteiger partial charge is 0.189 e. The average molecular weight is 236 g/mol. The first-order valence-electron chi connectivity index (χ1n) is 6.16. The minimum Gasteiger partial charge on any atom is -0.467 e. The largest absolute Gasteiger partial charge is 0.467 e. The molecule has 1 atom stereocenters. The Hall–Kier alpha value is -1.06. The zero-order valence-corrected chi connectivity index (χ0v) is 10.5. The van der Waals surface area contributed by atoms with Crippen molar-refractivity contribution >= 4 is 0 Å². The molecule has 1 unspecified atom stereocenters. The lowest BCUT2D eigenvalue weighted by Gasteiger charge is -2.14. The van der Waals surface area contributed by atoms with Gasteiger partial charge in [-0.2, -0.15) is 0 Å². The van der Waals surface area contributed by atoms with Gasteiger partial charge < -0.3 is 14.6 Å². The van der Waals surface area contributed by atoms with Gasteiger partial charge in [0.1, 0.15) is 5.75 Å². The SMILES string of the molecule is Cc1ccc(OCOCC2CC2)c(C(C)O)c1. The quantitative estimate of drug-likeness (QED) is 0.609. The van der Waals surface area contributed by atoms with Crippen molar-refractivity contribution in [2.45, 2.75) is 32.8 Å². The molecule has 0 bridgehead atoms. The maximum atomic E-state index is 9.66. The first-order valence-corrected chi connectivity index (χ1v) is 6.16. The van der Waals surface area contributed by atoms with E-state index in [1.165, 1.54) is 12.8 Å². The molecule has 1 saturated carbocycles. The van der Waals surface area contributed by atoms with Crippen molar-refractivity contribution in [3.05, 3.63) is 29.3 Å².